The highest BCUT2D eigenvalue weighted by molar-refractivity contribution is 9.09. The number of aliphatic hydroxyl groups is 2. The monoisotopic (exact) mass is 238 g/mol. The van der Waals surface area contributed by atoms with Gasteiger partial charge in [-0.3, -0.25) is 0 Å². The Hall–Kier alpha value is 0.400. The molecule has 1 atom stereocenters. The van der Waals surface area contributed by atoms with E-state index in [1.54, 1.807) is 13.8 Å². The van der Waals surface area contributed by atoms with E-state index in [1.807, 2.05) is 13.8 Å². The summed E-state index contributed by atoms with van der Waals surface area (Å²) in [4.78, 5) is 0. The molecule has 74 valence electrons. The standard InChI is InChI=1S/C9H19BrO2/c1-8(2,7(11)5-10)6-9(3,4)12/h7,11-12H,5-6H2,1-4H3. The highest BCUT2D eigenvalue weighted by atomic mass is 79.9. The molecule has 3 heteroatoms. The molecular weight excluding hydrogens is 220 g/mol. The number of aliphatic hydroxyl groups excluding tert-OH is 1. The van der Waals surface area contributed by atoms with E-state index >= 15 is 0 Å². The maximum absolute atomic E-state index is 9.59. The molecule has 0 saturated heterocycles. The van der Waals surface area contributed by atoms with Crippen LogP contribution in [0.2, 0.25) is 0 Å². The molecule has 0 radical (unpaired) electrons. The molecule has 0 aliphatic carbocycles. The van der Waals surface area contributed by atoms with Gasteiger partial charge in [0.15, 0.2) is 0 Å². The summed E-state index contributed by atoms with van der Waals surface area (Å²) in [6.45, 7) is 7.43. The maximum Gasteiger partial charge on any atom is 0.0688 e. The molecule has 0 aromatic rings. The minimum Gasteiger partial charge on any atom is -0.392 e. The molecule has 1 unspecified atom stereocenters. The van der Waals surface area contributed by atoms with E-state index in [1.165, 1.54) is 0 Å². The van der Waals surface area contributed by atoms with Crippen LogP contribution in [0.1, 0.15) is 34.1 Å². The second-order valence-corrected chi connectivity index (χ2v) is 5.30. The fourth-order valence-corrected chi connectivity index (χ4v) is 2.32. The topological polar surface area (TPSA) is 40.5 Å². The van der Waals surface area contributed by atoms with Crippen molar-refractivity contribution in [2.45, 2.75) is 45.8 Å². The van der Waals surface area contributed by atoms with Crippen LogP contribution in [-0.4, -0.2) is 27.2 Å². The van der Waals surface area contributed by atoms with Gasteiger partial charge in [0.1, 0.15) is 0 Å². The van der Waals surface area contributed by atoms with Crippen LogP contribution < -0.4 is 0 Å². The van der Waals surface area contributed by atoms with Gasteiger partial charge in [0, 0.05) is 5.33 Å². The van der Waals surface area contributed by atoms with Gasteiger partial charge in [-0.15, -0.1) is 0 Å². The van der Waals surface area contributed by atoms with Gasteiger partial charge in [-0.2, -0.15) is 0 Å². The van der Waals surface area contributed by atoms with Gasteiger partial charge in [0.05, 0.1) is 11.7 Å². The highest BCUT2D eigenvalue weighted by Gasteiger charge is 2.32. The number of hydrogen-bond acceptors (Lipinski definition) is 2. The van der Waals surface area contributed by atoms with Crippen LogP contribution in [0.15, 0.2) is 0 Å². The van der Waals surface area contributed by atoms with E-state index in [0.29, 0.717) is 11.8 Å². The first-order valence-electron chi connectivity index (χ1n) is 4.15. The van der Waals surface area contributed by atoms with Gasteiger partial charge < -0.3 is 10.2 Å². The lowest BCUT2D eigenvalue weighted by atomic mass is 9.78. The van der Waals surface area contributed by atoms with Gasteiger partial charge in [-0.25, -0.2) is 0 Å². The van der Waals surface area contributed by atoms with Crippen molar-refractivity contribution in [2.24, 2.45) is 5.41 Å². The summed E-state index contributed by atoms with van der Waals surface area (Å²) >= 11 is 3.23. The first-order chi connectivity index (χ1) is 5.19. The lowest BCUT2D eigenvalue weighted by Crippen LogP contribution is -2.37. The molecule has 0 aromatic carbocycles. The maximum atomic E-state index is 9.59. The van der Waals surface area contributed by atoms with E-state index in [-0.39, 0.29) is 5.41 Å². The van der Waals surface area contributed by atoms with E-state index in [4.69, 9.17) is 0 Å². The minimum absolute atomic E-state index is 0.248. The summed E-state index contributed by atoms with van der Waals surface area (Å²) in [6.07, 6.45) is 0.177. The molecule has 0 fully saturated rings. The summed E-state index contributed by atoms with van der Waals surface area (Å²) in [5.41, 5.74) is -0.964. The second kappa shape index (κ2) is 4.07. The van der Waals surface area contributed by atoms with Crippen LogP contribution in [0.3, 0.4) is 0 Å². The minimum atomic E-state index is -0.716. The van der Waals surface area contributed by atoms with Crippen molar-refractivity contribution in [3.63, 3.8) is 0 Å². The SMILES string of the molecule is CC(C)(O)CC(C)(C)C(O)CBr. The molecule has 12 heavy (non-hydrogen) atoms. The predicted molar refractivity (Wildman–Crippen MR) is 54.5 cm³/mol. The largest absolute Gasteiger partial charge is 0.392 e. The second-order valence-electron chi connectivity index (χ2n) is 4.65. The number of halogens is 1. The molecule has 0 rings (SSSR count). The molecule has 0 bridgehead atoms. The zero-order valence-corrected chi connectivity index (χ0v) is 9.85. The van der Waals surface area contributed by atoms with Crippen molar-refractivity contribution in [1.82, 2.24) is 0 Å². The van der Waals surface area contributed by atoms with Crippen LogP contribution >= 0.6 is 15.9 Å². The fraction of sp³-hybridized carbons (Fsp3) is 1.00. The lowest BCUT2D eigenvalue weighted by molar-refractivity contribution is -0.0178. The Morgan fingerprint density at radius 3 is 1.92 bits per heavy atom. The van der Waals surface area contributed by atoms with Crippen LogP contribution in [0, 0.1) is 5.41 Å². The molecule has 2 N–H and O–H groups in total. The molecule has 2 nitrogen and oxygen atoms in total. The van der Waals surface area contributed by atoms with Crippen LogP contribution in [-0.2, 0) is 0 Å². The molecule has 0 aliphatic rings. The van der Waals surface area contributed by atoms with E-state index in [2.05, 4.69) is 15.9 Å². The average molecular weight is 239 g/mol. The number of hydrogen-bond donors (Lipinski definition) is 2. The summed E-state index contributed by atoms with van der Waals surface area (Å²) in [7, 11) is 0. The first-order valence-corrected chi connectivity index (χ1v) is 5.27. The zero-order chi connectivity index (χ0) is 9.99. The van der Waals surface area contributed by atoms with Crippen molar-refractivity contribution < 1.29 is 10.2 Å². The van der Waals surface area contributed by atoms with Gasteiger partial charge >= 0.3 is 0 Å². The Labute approximate surface area is 83.1 Å². The molecule has 0 aromatic heterocycles. The fourth-order valence-electron chi connectivity index (χ4n) is 1.44. The summed E-state index contributed by atoms with van der Waals surface area (Å²) in [5.74, 6) is 0. The summed E-state index contributed by atoms with van der Waals surface area (Å²) in [5, 5.41) is 19.7. The highest BCUT2D eigenvalue weighted by Crippen LogP contribution is 2.31. The van der Waals surface area contributed by atoms with Gasteiger partial charge in [0.2, 0.25) is 0 Å². The smallest absolute Gasteiger partial charge is 0.0688 e. The predicted octanol–water partition coefficient (Wildman–Crippen LogP) is 1.93. The van der Waals surface area contributed by atoms with Crippen molar-refractivity contribution in [3.8, 4) is 0 Å². The van der Waals surface area contributed by atoms with Gasteiger partial charge in [-0.1, -0.05) is 29.8 Å². The summed E-state index contributed by atoms with van der Waals surface area (Å²) < 4.78 is 0. The lowest BCUT2D eigenvalue weighted by Gasteiger charge is -2.34. The van der Waals surface area contributed by atoms with E-state index in [0.717, 1.165) is 0 Å². The molecule has 0 saturated carbocycles. The Morgan fingerprint density at radius 1 is 1.25 bits per heavy atom. The van der Waals surface area contributed by atoms with Crippen molar-refractivity contribution in [3.05, 3.63) is 0 Å². The molecule has 0 spiro atoms. The van der Waals surface area contributed by atoms with Gasteiger partial charge in [0.25, 0.3) is 0 Å². The Kier molecular flexibility index (Phi) is 4.21. The molecule has 0 heterocycles. The van der Waals surface area contributed by atoms with Gasteiger partial charge in [-0.05, 0) is 25.7 Å². The van der Waals surface area contributed by atoms with Crippen LogP contribution in [0.5, 0.6) is 0 Å². The number of rotatable bonds is 4. The molecule has 0 aliphatic heterocycles. The normalized spacial score (nSPS) is 16.2. The Bertz CT molecular complexity index is 138. The van der Waals surface area contributed by atoms with E-state index < -0.39 is 11.7 Å². The van der Waals surface area contributed by atoms with Crippen molar-refractivity contribution in [1.29, 1.82) is 0 Å². The average Bonchev–Trinajstić information content (AvgIpc) is 1.80. The third-order valence-corrected chi connectivity index (χ3v) is 2.55. The van der Waals surface area contributed by atoms with Crippen LogP contribution in [0.25, 0.3) is 0 Å². The van der Waals surface area contributed by atoms with Crippen LogP contribution in [0.4, 0.5) is 0 Å². The molecule has 0 amide bonds. The third-order valence-electron chi connectivity index (χ3n) is 1.94. The Morgan fingerprint density at radius 2 is 1.67 bits per heavy atom. The van der Waals surface area contributed by atoms with Crippen molar-refractivity contribution >= 4 is 15.9 Å². The zero-order valence-electron chi connectivity index (χ0n) is 8.26. The number of alkyl halides is 1. The third kappa shape index (κ3) is 4.43. The van der Waals surface area contributed by atoms with Crippen molar-refractivity contribution in [2.75, 3.05) is 5.33 Å². The first kappa shape index (κ1) is 12.4. The quantitative estimate of drug-likeness (QED) is 0.736. The van der Waals surface area contributed by atoms with E-state index in [9.17, 15) is 10.2 Å². The Balaban J connectivity index is 4.22. The molecular formula is C9H19BrO2. The summed E-state index contributed by atoms with van der Waals surface area (Å²) in [6, 6.07) is 0.